The van der Waals surface area contributed by atoms with Gasteiger partial charge in [-0.05, 0) is 6.42 Å². The summed E-state index contributed by atoms with van der Waals surface area (Å²) >= 11 is 0. The molecule has 15 heavy (non-hydrogen) atoms. The maximum Gasteiger partial charge on any atom is 0.242 e. The van der Waals surface area contributed by atoms with E-state index in [1.165, 1.54) is 0 Å². The third-order valence-corrected chi connectivity index (χ3v) is 2.30. The Hall–Kier alpha value is -1.85. The second-order valence-corrected chi connectivity index (χ2v) is 3.41. The molecule has 1 fully saturated rings. The lowest BCUT2D eigenvalue weighted by atomic mass is 10.2. The highest BCUT2D eigenvalue weighted by molar-refractivity contribution is 5.90. The first kappa shape index (κ1) is 9.70. The van der Waals surface area contributed by atoms with E-state index in [0.29, 0.717) is 25.2 Å². The molecule has 2 amide bonds. The van der Waals surface area contributed by atoms with Crippen LogP contribution in [0, 0.1) is 0 Å². The summed E-state index contributed by atoms with van der Waals surface area (Å²) in [5.41, 5.74) is 0. The number of H-pyrrole nitrogens is 1. The van der Waals surface area contributed by atoms with Gasteiger partial charge in [0.15, 0.2) is 0 Å². The number of carbonyl (C=O) groups is 2. The smallest absolute Gasteiger partial charge is 0.242 e. The van der Waals surface area contributed by atoms with Gasteiger partial charge in [-0.2, -0.15) is 0 Å². The number of nitrogens with zero attached hydrogens (tertiary/aromatic N) is 1. The van der Waals surface area contributed by atoms with Gasteiger partial charge in [-0.25, -0.2) is 4.98 Å². The van der Waals surface area contributed by atoms with Gasteiger partial charge in [-0.3, -0.25) is 9.59 Å². The minimum atomic E-state index is -0.382. The van der Waals surface area contributed by atoms with E-state index in [0.717, 1.165) is 0 Å². The van der Waals surface area contributed by atoms with Crippen LogP contribution in [-0.4, -0.2) is 27.8 Å². The van der Waals surface area contributed by atoms with Gasteiger partial charge in [0.05, 0.1) is 6.54 Å². The number of rotatable bonds is 3. The molecule has 3 N–H and O–H groups in total. The second-order valence-electron chi connectivity index (χ2n) is 3.41. The lowest BCUT2D eigenvalue weighted by molar-refractivity contribution is -0.125. The fourth-order valence-electron chi connectivity index (χ4n) is 1.50. The van der Waals surface area contributed by atoms with Crippen LogP contribution < -0.4 is 10.6 Å². The van der Waals surface area contributed by atoms with E-state index < -0.39 is 0 Å². The molecule has 6 heteroatoms. The van der Waals surface area contributed by atoms with Gasteiger partial charge in [-0.1, -0.05) is 0 Å². The molecule has 6 nitrogen and oxygen atoms in total. The molecule has 0 unspecified atom stereocenters. The number of hydrogen-bond donors (Lipinski definition) is 3. The molecule has 1 aromatic heterocycles. The van der Waals surface area contributed by atoms with Crippen LogP contribution in [0.4, 0.5) is 0 Å². The van der Waals surface area contributed by atoms with Gasteiger partial charge in [-0.15, -0.1) is 0 Å². The second kappa shape index (κ2) is 4.12. The summed E-state index contributed by atoms with van der Waals surface area (Å²) in [6.07, 6.45) is 4.32. The highest BCUT2D eigenvalue weighted by Crippen LogP contribution is 2.06. The molecule has 1 aromatic rings. The summed E-state index contributed by atoms with van der Waals surface area (Å²) in [4.78, 5) is 29.3. The van der Waals surface area contributed by atoms with Gasteiger partial charge >= 0.3 is 0 Å². The molecule has 0 bridgehead atoms. The van der Waals surface area contributed by atoms with Crippen LogP contribution in [0.1, 0.15) is 18.7 Å². The van der Waals surface area contributed by atoms with Crippen LogP contribution in [-0.2, 0) is 16.1 Å². The van der Waals surface area contributed by atoms with E-state index in [2.05, 4.69) is 20.6 Å². The number of aromatic amines is 1. The molecule has 0 spiro atoms. The van der Waals surface area contributed by atoms with E-state index in [9.17, 15) is 9.59 Å². The monoisotopic (exact) mass is 208 g/mol. The first-order valence-corrected chi connectivity index (χ1v) is 4.81. The zero-order valence-electron chi connectivity index (χ0n) is 8.12. The molecular weight excluding hydrogens is 196 g/mol. The molecule has 1 atom stereocenters. The lowest BCUT2D eigenvalue weighted by Crippen LogP contribution is -2.41. The van der Waals surface area contributed by atoms with Crippen LogP contribution in [0.5, 0.6) is 0 Å². The average molecular weight is 208 g/mol. The molecule has 0 radical (unpaired) electrons. The minimum Gasteiger partial charge on any atom is -0.347 e. The van der Waals surface area contributed by atoms with Crippen molar-refractivity contribution in [3.05, 3.63) is 18.2 Å². The molecule has 0 aromatic carbocycles. The van der Waals surface area contributed by atoms with Gasteiger partial charge in [0, 0.05) is 18.8 Å². The zero-order valence-corrected chi connectivity index (χ0v) is 8.12. The van der Waals surface area contributed by atoms with Gasteiger partial charge in [0.1, 0.15) is 11.9 Å². The van der Waals surface area contributed by atoms with E-state index in [1.54, 1.807) is 12.4 Å². The Bertz CT molecular complexity index is 360. The number of imidazole rings is 1. The topological polar surface area (TPSA) is 86.9 Å². The normalized spacial score (nSPS) is 20.0. The van der Waals surface area contributed by atoms with E-state index in [1.807, 2.05) is 0 Å². The van der Waals surface area contributed by atoms with Crippen molar-refractivity contribution in [1.82, 2.24) is 20.6 Å². The summed E-state index contributed by atoms with van der Waals surface area (Å²) in [5, 5.41) is 5.30. The van der Waals surface area contributed by atoms with Crippen molar-refractivity contribution in [3.63, 3.8) is 0 Å². The number of amides is 2. The molecule has 2 heterocycles. The van der Waals surface area contributed by atoms with E-state index in [4.69, 9.17) is 0 Å². The Balaban J connectivity index is 1.80. The van der Waals surface area contributed by atoms with Gasteiger partial charge in [0.2, 0.25) is 11.8 Å². The maximum atomic E-state index is 11.5. The van der Waals surface area contributed by atoms with Crippen molar-refractivity contribution >= 4 is 11.8 Å². The SMILES string of the molecule is O=C1CC[C@@H](C(=O)NCc2ncc[nH]2)N1. The average Bonchev–Trinajstić information content (AvgIpc) is 2.84. The highest BCUT2D eigenvalue weighted by atomic mass is 16.2. The summed E-state index contributed by atoms with van der Waals surface area (Å²) in [6.45, 7) is 0.359. The predicted octanol–water partition coefficient (Wildman–Crippen LogP) is -0.696. The lowest BCUT2D eigenvalue weighted by Gasteiger charge is -2.09. The van der Waals surface area contributed by atoms with Gasteiger partial charge < -0.3 is 15.6 Å². The molecule has 1 aliphatic heterocycles. The van der Waals surface area contributed by atoms with Crippen molar-refractivity contribution in [2.45, 2.75) is 25.4 Å². The first-order valence-electron chi connectivity index (χ1n) is 4.81. The van der Waals surface area contributed by atoms with Crippen molar-refractivity contribution in [2.75, 3.05) is 0 Å². The number of carbonyl (C=O) groups excluding carboxylic acids is 2. The Morgan fingerprint density at radius 2 is 2.53 bits per heavy atom. The zero-order chi connectivity index (χ0) is 10.7. The Labute approximate surface area is 86.5 Å². The Morgan fingerprint density at radius 3 is 3.13 bits per heavy atom. The summed E-state index contributed by atoms with van der Waals surface area (Å²) in [6, 6.07) is -0.382. The maximum absolute atomic E-state index is 11.5. The largest absolute Gasteiger partial charge is 0.347 e. The van der Waals surface area contributed by atoms with Crippen molar-refractivity contribution in [3.8, 4) is 0 Å². The number of aromatic nitrogens is 2. The van der Waals surface area contributed by atoms with Crippen molar-refractivity contribution in [1.29, 1.82) is 0 Å². The van der Waals surface area contributed by atoms with Gasteiger partial charge in [0.25, 0.3) is 0 Å². The third kappa shape index (κ3) is 2.34. The summed E-state index contributed by atoms with van der Waals surface area (Å²) in [7, 11) is 0. The first-order chi connectivity index (χ1) is 7.25. The fourth-order valence-corrected chi connectivity index (χ4v) is 1.50. The van der Waals surface area contributed by atoms with Crippen molar-refractivity contribution < 1.29 is 9.59 Å². The highest BCUT2D eigenvalue weighted by Gasteiger charge is 2.26. The van der Waals surface area contributed by atoms with Crippen LogP contribution in [0.15, 0.2) is 12.4 Å². The van der Waals surface area contributed by atoms with E-state index >= 15 is 0 Å². The molecule has 2 rings (SSSR count). The van der Waals surface area contributed by atoms with Crippen LogP contribution in [0.25, 0.3) is 0 Å². The van der Waals surface area contributed by atoms with Crippen LogP contribution in [0.2, 0.25) is 0 Å². The summed E-state index contributed by atoms with van der Waals surface area (Å²) in [5.74, 6) is 0.484. The Kier molecular flexibility index (Phi) is 2.66. The molecule has 80 valence electrons. The standard InChI is InChI=1S/C9H12N4O2/c14-8-2-1-6(13-8)9(15)12-5-7-10-3-4-11-7/h3-4,6H,1-2,5H2,(H,10,11)(H,12,15)(H,13,14)/t6-/m0/s1. The third-order valence-electron chi connectivity index (χ3n) is 2.30. The van der Waals surface area contributed by atoms with Crippen LogP contribution >= 0.6 is 0 Å². The molecule has 1 saturated heterocycles. The fraction of sp³-hybridized carbons (Fsp3) is 0.444. The quantitative estimate of drug-likeness (QED) is 0.614. The molecular formula is C9H12N4O2. The van der Waals surface area contributed by atoms with Crippen LogP contribution in [0.3, 0.4) is 0 Å². The molecule has 0 aliphatic carbocycles. The predicted molar refractivity (Wildman–Crippen MR) is 51.6 cm³/mol. The molecule has 1 aliphatic rings. The number of hydrogen-bond acceptors (Lipinski definition) is 3. The Morgan fingerprint density at radius 1 is 1.67 bits per heavy atom. The summed E-state index contributed by atoms with van der Waals surface area (Å²) < 4.78 is 0. The minimum absolute atomic E-state index is 0.0619. The molecule has 0 saturated carbocycles. The number of nitrogens with one attached hydrogen (secondary N) is 3. The van der Waals surface area contributed by atoms with E-state index in [-0.39, 0.29) is 17.9 Å². The van der Waals surface area contributed by atoms with Crippen molar-refractivity contribution in [2.24, 2.45) is 0 Å².